The fourth-order valence-corrected chi connectivity index (χ4v) is 0.792. The van der Waals surface area contributed by atoms with Crippen molar-refractivity contribution in [3.8, 4) is 0 Å². The molecule has 0 fully saturated rings. The van der Waals surface area contributed by atoms with Crippen LogP contribution in [0.4, 0.5) is 0 Å². The average Bonchev–Trinajstić information content (AvgIpc) is 2.03. The molecule has 0 saturated carbocycles. The Balaban J connectivity index is 2.62. The van der Waals surface area contributed by atoms with Crippen molar-refractivity contribution in [3.63, 3.8) is 0 Å². The van der Waals surface area contributed by atoms with Gasteiger partial charge < -0.3 is 5.73 Å². The smallest absolute Gasteiger partial charge is 0.0880 e. The summed E-state index contributed by atoms with van der Waals surface area (Å²) in [6.07, 6.45) is 1.76. The van der Waals surface area contributed by atoms with Crippen LogP contribution in [0.25, 0.3) is 0 Å². The van der Waals surface area contributed by atoms with E-state index in [9.17, 15) is 0 Å². The SMILES string of the molecule is Cc1nnnnc1CCCN. The summed E-state index contributed by atoms with van der Waals surface area (Å²) in [4.78, 5) is 0. The summed E-state index contributed by atoms with van der Waals surface area (Å²) < 4.78 is 0. The second-order valence-electron chi connectivity index (χ2n) is 2.30. The van der Waals surface area contributed by atoms with E-state index < -0.39 is 0 Å². The first-order chi connectivity index (χ1) is 5.34. The quantitative estimate of drug-likeness (QED) is 0.631. The monoisotopic (exact) mass is 153 g/mol. The minimum absolute atomic E-state index is 0.670. The molecule has 5 heteroatoms. The number of rotatable bonds is 3. The van der Waals surface area contributed by atoms with Crippen LogP contribution in [0.15, 0.2) is 0 Å². The van der Waals surface area contributed by atoms with Crippen LogP contribution in [-0.2, 0) is 6.42 Å². The van der Waals surface area contributed by atoms with E-state index in [2.05, 4.69) is 20.6 Å². The molecule has 0 atom stereocenters. The summed E-state index contributed by atoms with van der Waals surface area (Å²) in [5.41, 5.74) is 7.08. The molecule has 0 saturated heterocycles. The summed E-state index contributed by atoms with van der Waals surface area (Å²) in [6, 6.07) is 0. The van der Waals surface area contributed by atoms with Gasteiger partial charge in [-0.1, -0.05) is 0 Å². The minimum Gasteiger partial charge on any atom is -0.330 e. The highest BCUT2D eigenvalue weighted by atomic mass is 15.4. The number of aromatic nitrogens is 4. The highest BCUT2D eigenvalue weighted by molar-refractivity contribution is 5.04. The Kier molecular flexibility index (Phi) is 2.85. The number of hydrogen-bond donors (Lipinski definition) is 1. The van der Waals surface area contributed by atoms with Gasteiger partial charge in [0.2, 0.25) is 0 Å². The molecule has 1 rings (SSSR count). The van der Waals surface area contributed by atoms with Crippen molar-refractivity contribution < 1.29 is 0 Å². The Morgan fingerprint density at radius 1 is 1.27 bits per heavy atom. The van der Waals surface area contributed by atoms with Gasteiger partial charge in [-0.05, 0) is 36.7 Å². The van der Waals surface area contributed by atoms with Crippen LogP contribution in [0.5, 0.6) is 0 Å². The van der Waals surface area contributed by atoms with Gasteiger partial charge in [-0.25, -0.2) is 0 Å². The van der Waals surface area contributed by atoms with Crippen molar-refractivity contribution in [2.24, 2.45) is 5.73 Å². The molecule has 0 aliphatic heterocycles. The van der Waals surface area contributed by atoms with Crippen molar-refractivity contribution in [3.05, 3.63) is 11.4 Å². The Morgan fingerprint density at radius 3 is 2.64 bits per heavy atom. The maximum atomic E-state index is 5.34. The highest BCUT2D eigenvalue weighted by Gasteiger charge is 1.99. The third-order valence-electron chi connectivity index (χ3n) is 1.44. The number of hydrogen-bond acceptors (Lipinski definition) is 5. The predicted molar refractivity (Wildman–Crippen MR) is 39.7 cm³/mol. The lowest BCUT2D eigenvalue weighted by Gasteiger charge is -1.97. The highest BCUT2D eigenvalue weighted by Crippen LogP contribution is 1.99. The van der Waals surface area contributed by atoms with E-state index in [-0.39, 0.29) is 0 Å². The molecule has 1 aromatic heterocycles. The van der Waals surface area contributed by atoms with Gasteiger partial charge in [0.15, 0.2) is 0 Å². The molecule has 0 aliphatic carbocycles. The van der Waals surface area contributed by atoms with Gasteiger partial charge in [-0.3, -0.25) is 0 Å². The van der Waals surface area contributed by atoms with Crippen LogP contribution in [0.2, 0.25) is 0 Å². The molecule has 0 bridgehead atoms. The fraction of sp³-hybridized carbons (Fsp3) is 0.667. The zero-order chi connectivity index (χ0) is 8.10. The third-order valence-corrected chi connectivity index (χ3v) is 1.44. The van der Waals surface area contributed by atoms with Crippen LogP contribution in [0.3, 0.4) is 0 Å². The summed E-state index contributed by atoms with van der Waals surface area (Å²) in [7, 11) is 0. The molecule has 0 radical (unpaired) electrons. The van der Waals surface area contributed by atoms with E-state index in [1.165, 1.54) is 0 Å². The Labute approximate surface area is 65.0 Å². The van der Waals surface area contributed by atoms with Crippen molar-refractivity contribution in [1.82, 2.24) is 20.6 Å². The largest absolute Gasteiger partial charge is 0.330 e. The van der Waals surface area contributed by atoms with E-state index in [0.29, 0.717) is 6.54 Å². The molecular formula is C6H11N5. The normalized spacial score (nSPS) is 10.0. The summed E-state index contributed by atoms with van der Waals surface area (Å²) in [6.45, 7) is 2.54. The molecule has 60 valence electrons. The van der Waals surface area contributed by atoms with E-state index >= 15 is 0 Å². The van der Waals surface area contributed by atoms with Gasteiger partial charge in [0.05, 0.1) is 11.4 Å². The molecule has 1 aromatic rings. The lowest BCUT2D eigenvalue weighted by atomic mass is 10.2. The fourth-order valence-electron chi connectivity index (χ4n) is 0.792. The Bertz CT molecular complexity index is 224. The van der Waals surface area contributed by atoms with Crippen molar-refractivity contribution in [1.29, 1.82) is 0 Å². The molecule has 11 heavy (non-hydrogen) atoms. The number of aryl methyl sites for hydroxylation is 2. The standard InChI is InChI=1S/C6H11N5/c1-5-6(3-2-4-7)9-11-10-8-5/h2-4,7H2,1H3. The minimum atomic E-state index is 0.670. The molecule has 0 unspecified atom stereocenters. The van der Waals surface area contributed by atoms with Crippen LogP contribution in [0.1, 0.15) is 17.8 Å². The van der Waals surface area contributed by atoms with Crippen LogP contribution in [-0.4, -0.2) is 27.2 Å². The Hall–Kier alpha value is -1.10. The van der Waals surface area contributed by atoms with Gasteiger partial charge in [0.25, 0.3) is 0 Å². The molecule has 1 heterocycles. The molecule has 0 amide bonds. The number of nitrogens with zero attached hydrogens (tertiary/aromatic N) is 4. The van der Waals surface area contributed by atoms with Gasteiger partial charge in [0, 0.05) is 0 Å². The van der Waals surface area contributed by atoms with Crippen molar-refractivity contribution in [2.75, 3.05) is 6.54 Å². The maximum Gasteiger partial charge on any atom is 0.0880 e. The lowest BCUT2D eigenvalue weighted by Crippen LogP contribution is -2.06. The first-order valence-electron chi connectivity index (χ1n) is 3.56. The van der Waals surface area contributed by atoms with Gasteiger partial charge in [-0.15, -0.1) is 10.2 Å². The van der Waals surface area contributed by atoms with Gasteiger partial charge in [0.1, 0.15) is 0 Å². The first kappa shape index (κ1) is 8.00. The topological polar surface area (TPSA) is 77.6 Å². The van der Waals surface area contributed by atoms with Gasteiger partial charge >= 0.3 is 0 Å². The molecule has 5 nitrogen and oxygen atoms in total. The van der Waals surface area contributed by atoms with Crippen molar-refractivity contribution in [2.45, 2.75) is 19.8 Å². The lowest BCUT2D eigenvalue weighted by molar-refractivity contribution is 0.682. The van der Waals surface area contributed by atoms with Gasteiger partial charge in [-0.2, -0.15) is 0 Å². The van der Waals surface area contributed by atoms with E-state index in [1.807, 2.05) is 6.92 Å². The number of nitrogens with two attached hydrogens (primary N) is 1. The molecule has 0 aliphatic rings. The zero-order valence-corrected chi connectivity index (χ0v) is 6.49. The summed E-state index contributed by atoms with van der Waals surface area (Å²) in [5.74, 6) is 0. The van der Waals surface area contributed by atoms with Crippen LogP contribution >= 0.6 is 0 Å². The van der Waals surface area contributed by atoms with E-state index in [0.717, 1.165) is 24.2 Å². The van der Waals surface area contributed by atoms with E-state index in [4.69, 9.17) is 5.73 Å². The average molecular weight is 153 g/mol. The Morgan fingerprint density at radius 2 is 2.00 bits per heavy atom. The molecule has 2 N–H and O–H groups in total. The van der Waals surface area contributed by atoms with Crippen LogP contribution in [0, 0.1) is 6.92 Å². The third kappa shape index (κ3) is 2.19. The second-order valence-corrected chi connectivity index (χ2v) is 2.30. The van der Waals surface area contributed by atoms with Crippen molar-refractivity contribution >= 4 is 0 Å². The summed E-state index contributed by atoms with van der Waals surface area (Å²) in [5, 5.41) is 14.5. The molecule has 0 spiro atoms. The first-order valence-corrected chi connectivity index (χ1v) is 3.56. The molecular weight excluding hydrogens is 142 g/mol. The molecule has 0 aromatic carbocycles. The zero-order valence-electron chi connectivity index (χ0n) is 6.49. The second kappa shape index (κ2) is 3.92. The predicted octanol–water partition coefficient (Wildman–Crippen LogP) is -0.534. The van der Waals surface area contributed by atoms with E-state index in [1.54, 1.807) is 0 Å². The van der Waals surface area contributed by atoms with Crippen LogP contribution < -0.4 is 5.73 Å². The summed E-state index contributed by atoms with van der Waals surface area (Å²) >= 11 is 0. The maximum absolute atomic E-state index is 5.34.